The van der Waals surface area contributed by atoms with Gasteiger partial charge in [-0.2, -0.15) is 13.2 Å². The number of halogens is 4. The number of benzene rings is 1. The van der Waals surface area contributed by atoms with Crippen molar-refractivity contribution < 1.29 is 27.2 Å². The van der Waals surface area contributed by atoms with E-state index in [4.69, 9.17) is 0 Å². The molecule has 3 rings (SSSR count). The Morgan fingerprint density at radius 2 is 1.79 bits per heavy atom. The highest BCUT2D eigenvalue weighted by atomic mass is 19.4. The van der Waals surface area contributed by atoms with Crippen molar-refractivity contribution in [3.63, 3.8) is 0 Å². The van der Waals surface area contributed by atoms with Crippen molar-refractivity contribution in [2.75, 3.05) is 0 Å². The van der Waals surface area contributed by atoms with Gasteiger partial charge in [0, 0.05) is 18.3 Å². The fourth-order valence-corrected chi connectivity index (χ4v) is 3.35. The molecule has 1 aromatic carbocycles. The smallest absolute Gasteiger partial charge is 0.293 e. The van der Waals surface area contributed by atoms with Crippen molar-refractivity contribution in [1.29, 1.82) is 0 Å². The van der Waals surface area contributed by atoms with Crippen LogP contribution in [-0.4, -0.2) is 21.4 Å². The number of amides is 2. The van der Waals surface area contributed by atoms with Crippen molar-refractivity contribution in [1.82, 2.24) is 14.9 Å². The van der Waals surface area contributed by atoms with Crippen molar-refractivity contribution in [2.24, 2.45) is 5.92 Å². The Morgan fingerprint density at radius 1 is 1.11 bits per heavy atom. The lowest BCUT2D eigenvalue weighted by atomic mass is 9.99. The molecule has 1 aliphatic carbocycles. The van der Waals surface area contributed by atoms with Gasteiger partial charge < -0.3 is 0 Å². The second kappa shape index (κ2) is 8.12. The second-order valence-electron chi connectivity index (χ2n) is 6.79. The maximum Gasteiger partial charge on any atom is 0.416 e. The molecule has 1 heterocycles. The van der Waals surface area contributed by atoms with Crippen LogP contribution in [0.4, 0.5) is 17.6 Å². The SMILES string of the molecule is O=C(NC(=O)C1CCCCCC1)c1nccn1-c1cc(C(F)(F)F)ccc1F. The normalized spacial score (nSPS) is 15.9. The lowest BCUT2D eigenvalue weighted by Crippen LogP contribution is -2.37. The van der Waals surface area contributed by atoms with Crippen molar-refractivity contribution in [2.45, 2.75) is 44.7 Å². The zero-order valence-electron chi connectivity index (χ0n) is 14.9. The van der Waals surface area contributed by atoms with E-state index in [9.17, 15) is 27.2 Å². The summed E-state index contributed by atoms with van der Waals surface area (Å²) >= 11 is 0. The summed E-state index contributed by atoms with van der Waals surface area (Å²) in [6.45, 7) is 0. The second-order valence-corrected chi connectivity index (χ2v) is 6.79. The number of imide groups is 1. The molecule has 5 nitrogen and oxygen atoms in total. The van der Waals surface area contributed by atoms with Gasteiger partial charge in [0.15, 0.2) is 0 Å². The van der Waals surface area contributed by atoms with E-state index in [0.717, 1.165) is 36.4 Å². The van der Waals surface area contributed by atoms with E-state index in [1.54, 1.807) is 0 Å². The van der Waals surface area contributed by atoms with Gasteiger partial charge in [-0.1, -0.05) is 25.7 Å². The molecule has 0 saturated heterocycles. The molecule has 1 fully saturated rings. The topological polar surface area (TPSA) is 64.0 Å². The summed E-state index contributed by atoms with van der Waals surface area (Å²) < 4.78 is 53.9. The Kier molecular flexibility index (Phi) is 5.81. The van der Waals surface area contributed by atoms with Gasteiger partial charge in [-0.05, 0) is 31.0 Å². The molecule has 0 atom stereocenters. The molecule has 2 amide bonds. The average Bonchev–Trinajstić information content (AvgIpc) is 2.95. The minimum absolute atomic E-state index is 0.292. The molecule has 150 valence electrons. The molecular weight excluding hydrogens is 378 g/mol. The zero-order chi connectivity index (χ0) is 20.3. The number of nitrogens with zero attached hydrogens (tertiary/aromatic N) is 2. The van der Waals surface area contributed by atoms with Crippen LogP contribution in [0.5, 0.6) is 0 Å². The fourth-order valence-electron chi connectivity index (χ4n) is 3.35. The highest BCUT2D eigenvalue weighted by molar-refractivity contribution is 6.03. The standard InChI is InChI=1S/C19H19F4N3O2/c20-14-8-7-13(19(21,22)23)11-15(14)26-10-9-24-16(26)18(28)25-17(27)12-5-3-1-2-4-6-12/h7-12H,1-6H2,(H,25,27,28). The summed E-state index contributed by atoms with van der Waals surface area (Å²) in [7, 11) is 0. The molecule has 0 unspecified atom stereocenters. The van der Waals surface area contributed by atoms with E-state index in [1.165, 1.54) is 6.20 Å². The molecule has 28 heavy (non-hydrogen) atoms. The number of hydrogen-bond acceptors (Lipinski definition) is 3. The Hall–Kier alpha value is -2.71. The van der Waals surface area contributed by atoms with E-state index in [2.05, 4.69) is 10.3 Å². The van der Waals surface area contributed by atoms with Gasteiger partial charge >= 0.3 is 6.18 Å². The minimum Gasteiger partial charge on any atom is -0.293 e. The van der Waals surface area contributed by atoms with Crippen LogP contribution >= 0.6 is 0 Å². The number of rotatable bonds is 3. The summed E-state index contributed by atoms with van der Waals surface area (Å²) in [6.07, 6.45) is 2.89. The molecule has 0 spiro atoms. The molecule has 1 aliphatic rings. The van der Waals surface area contributed by atoms with Gasteiger partial charge in [0.05, 0.1) is 11.3 Å². The molecule has 0 radical (unpaired) electrons. The molecule has 1 aromatic heterocycles. The largest absolute Gasteiger partial charge is 0.416 e. The highest BCUT2D eigenvalue weighted by Crippen LogP contribution is 2.31. The number of imidazole rings is 1. The zero-order valence-corrected chi connectivity index (χ0v) is 14.9. The number of hydrogen-bond donors (Lipinski definition) is 1. The Bertz CT molecular complexity index is 868. The first-order chi connectivity index (χ1) is 13.3. The van der Waals surface area contributed by atoms with Crippen LogP contribution < -0.4 is 5.32 Å². The predicted molar refractivity (Wildman–Crippen MR) is 92.2 cm³/mol. The summed E-state index contributed by atoms with van der Waals surface area (Å²) in [4.78, 5) is 28.6. The average molecular weight is 397 g/mol. The first-order valence-electron chi connectivity index (χ1n) is 9.03. The van der Waals surface area contributed by atoms with Crippen LogP contribution in [0.15, 0.2) is 30.6 Å². The fraction of sp³-hybridized carbons (Fsp3) is 0.421. The summed E-state index contributed by atoms with van der Waals surface area (Å²) in [5.74, 6) is -2.92. The van der Waals surface area contributed by atoms with E-state index in [1.807, 2.05) is 0 Å². The van der Waals surface area contributed by atoms with Gasteiger partial charge in [-0.3, -0.25) is 19.5 Å². The maximum atomic E-state index is 14.1. The van der Waals surface area contributed by atoms with E-state index >= 15 is 0 Å². The third-order valence-corrected chi connectivity index (χ3v) is 4.84. The quantitative estimate of drug-likeness (QED) is 0.478. The summed E-state index contributed by atoms with van der Waals surface area (Å²) in [5, 5.41) is 2.25. The van der Waals surface area contributed by atoms with Gasteiger partial charge in [0.1, 0.15) is 5.82 Å². The molecule has 1 saturated carbocycles. The van der Waals surface area contributed by atoms with E-state index in [0.29, 0.717) is 31.0 Å². The number of carbonyl (C=O) groups is 2. The molecule has 2 aromatic rings. The molecule has 0 aliphatic heterocycles. The van der Waals surface area contributed by atoms with Crippen LogP contribution in [0.1, 0.15) is 54.7 Å². The third-order valence-electron chi connectivity index (χ3n) is 4.84. The van der Waals surface area contributed by atoms with E-state index < -0.39 is 35.1 Å². The lowest BCUT2D eigenvalue weighted by Gasteiger charge is -2.14. The lowest BCUT2D eigenvalue weighted by molar-refractivity contribution is -0.137. The first-order valence-corrected chi connectivity index (χ1v) is 9.03. The molecule has 9 heteroatoms. The van der Waals surface area contributed by atoms with Crippen LogP contribution in [0.25, 0.3) is 5.69 Å². The first kappa shape index (κ1) is 20.0. The van der Waals surface area contributed by atoms with Gasteiger partial charge in [-0.25, -0.2) is 9.37 Å². The molecule has 1 N–H and O–H groups in total. The summed E-state index contributed by atoms with van der Waals surface area (Å²) in [5.41, 5.74) is -1.53. The molecular formula is C19H19F4N3O2. The van der Waals surface area contributed by atoms with Crippen LogP contribution in [0.2, 0.25) is 0 Å². The van der Waals surface area contributed by atoms with E-state index in [-0.39, 0.29) is 11.7 Å². The number of carbonyl (C=O) groups excluding carboxylic acids is 2. The number of nitrogens with one attached hydrogen (secondary N) is 1. The maximum absolute atomic E-state index is 14.1. The Morgan fingerprint density at radius 3 is 2.43 bits per heavy atom. The van der Waals surface area contributed by atoms with Crippen molar-refractivity contribution in [3.8, 4) is 5.69 Å². The predicted octanol–water partition coefficient (Wildman–Crippen LogP) is 4.26. The monoisotopic (exact) mass is 397 g/mol. The highest BCUT2D eigenvalue weighted by Gasteiger charge is 2.32. The van der Waals surface area contributed by atoms with Crippen LogP contribution in [-0.2, 0) is 11.0 Å². The third kappa shape index (κ3) is 4.40. The van der Waals surface area contributed by atoms with Gasteiger partial charge in [-0.15, -0.1) is 0 Å². The van der Waals surface area contributed by atoms with Gasteiger partial charge in [0.25, 0.3) is 5.91 Å². The summed E-state index contributed by atoms with van der Waals surface area (Å²) in [6, 6.07) is 1.89. The molecule has 0 bridgehead atoms. The minimum atomic E-state index is -4.67. The van der Waals surface area contributed by atoms with Crippen LogP contribution in [0, 0.1) is 11.7 Å². The van der Waals surface area contributed by atoms with Crippen LogP contribution in [0.3, 0.4) is 0 Å². The Labute approximate surface area is 158 Å². The van der Waals surface area contributed by atoms with Crippen molar-refractivity contribution >= 4 is 11.8 Å². The van der Waals surface area contributed by atoms with Crippen molar-refractivity contribution in [3.05, 3.63) is 47.8 Å². The van der Waals surface area contributed by atoms with Gasteiger partial charge in [0.2, 0.25) is 11.7 Å². The Balaban J connectivity index is 1.84. The number of aromatic nitrogens is 2. The number of alkyl halides is 3.